The quantitative estimate of drug-likeness (QED) is 0.476. The van der Waals surface area contributed by atoms with Crippen LogP contribution in [0.15, 0.2) is 12.2 Å². The molecule has 1 aliphatic carbocycles. The van der Waals surface area contributed by atoms with Crippen LogP contribution in [-0.4, -0.2) is 14.9 Å². The number of nitrogens with one attached hydrogen (secondary N) is 1. The van der Waals surface area contributed by atoms with E-state index in [0.717, 1.165) is 6.42 Å². The zero-order valence-corrected chi connectivity index (χ0v) is 11.7. The molecule has 0 aromatic carbocycles. The van der Waals surface area contributed by atoms with Gasteiger partial charge in [0.2, 0.25) is 11.8 Å². The van der Waals surface area contributed by atoms with Crippen LogP contribution < -0.4 is 10.5 Å². The first kappa shape index (κ1) is 15.0. The van der Waals surface area contributed by atoms with Crippen molar-refractivity contribution < 1.29 is 9.59 Å². The second-order valence-corrected chi connectivity index (χ2v) is 7.53. The molecule has 0 saturated heterocycles. The van der Waals surface area contributed by atoms with Gasteiger partial charge in [-0.1, -0.05) is 47.0 Å². The lowest BCUT2D eigenvalue weighted by atomic mass is 9.83. The average Bonchev–Trinajstić information content (AvgIpc) is 2.25. The van der Waals surface area contributed by atoms with Gasteiger partial charge in [0.1, 0.15) is 0 Å². The second kappa shape index (κ2) is 6.18. The molecule has 2 atom stereocenters. The van der Waals surface area contributed by atoms with E-state index >= 15 is 0 Å². The van der Waals surface area contributed by atoms with Gasteiger partial charge in [0, 0.05) is 11.9 Å². The first-order valence-corrected chi connectivity index (χ1v) is 6.77. The lowest BCUT2D eigenvalue weighted by Gasteiger charge is -2.24. The number of primary amides is 1. The van der Waals surface area contributed by atoms with Crippen LogP contribution in [0.2, 0.25) is 0 Å². The predicted octanol–water partition coefficient (Wildman–Crippen LogP) is 2.15. The van der Waals surface area contributed by atoms with Gasteiger partial charge in [0.05, 0.1) is 11.8 Å². The fourth-order valence-electron chi connectivity index (χ4n) is 1.60. The van der Waals surface area contributed by atoms with Crippen LogP contribution in [0.1, 0.15) is 12.8 Å². The van der Waals surface area contributed by atoms with Crippen LogP contribution in [0, 0.1) is 11.8 Å². The van der Waals surface area contributed by atoms with Crippen molar-refractivity contribution in [3.8, 4) is 0 Å². The van der Waals surface area contributed by atoms with E-state index in [0.29, 0.717) is 18.4 Å². The molecule has 2 amide bonds. The Balaban J connectivity index is 2.63. The van der Waals surface area contributed by atoms with Gasteiger partial charge in [0.15, 0.2) is 0 Å². The van der Waals surface area contributed by atoms with Gasteiger partial charge in [-0.3, -0.25) is 14.3 Å². The molecule has 0 spiro atoms. The summed E-state index contributed by atoms with van der Waals surface area (Å²) in [4.78, 5) is 23.0. The molecule has 0 fully saturated rings. The summed E-state index contributed by atoms with van der Waals surface area (Å²) in [6, 6.07) is 0. The highest BCUT2D eigenvalue weighted by Crippen LogP contribution is 2.37. The highest BCUT2D eigenvalue weighted by atomic mass is 35.6. The van der Waals surface area contributed by atoms with Crippen LogP contribution in [-0.2, 0) is 9.59 Å². The third-order valence-corrected chi connectivity index (χ3v) is 3.59. The molecular formula is C9H11Cl3N2O2S. The van der Waals surface area contributed by atoms with E-state index in [2.05, 4.69) is 4.72 Å². The van der Waals surface area contributed by atoms with E-state index in [-0.39, 0.29) is 5.91 Å². The Morgan fingerprint density at radius 2 is 2.06 bits per heavy atom. The van der Waals surface area contributed by atoms with E-state index < -0.39 is 20.9 Å². The zero-order chi connectivity index (χ0) is 13.1. The fraction of sp³-hybridized carbons (Fsp3) is 0.556. The third kappa shape index (κ3) is 4.95. The van der Waals surface area contributed by atoms with E-state index in [4.69, 9.17) is 40.5 Å². The number of rotatable bonds is 3. The fourth-order valence-corrected chi connectivity index (χ4v) is 2.30. The molecule has 0 heterocycles. The van der Waals surface area contributed by atoms with Crippen molar-refractivity contribution in [2.24, 2.45) is 17.6 Å². The topological polar surface area (TPSA) is 72.2 Å². The van der Waals surface area contributed by atoms with Crippen LogP contribution in [0.25, 0.3) is 0 Å². The van der Waals surface area contributed by atoms with Crippen molar-refractivity contribution in [1.29, 1.82) is 0 Å². The maximum absolute atomic E-state index is 11.8. The van der Waals surface area contributed by atoms with Crippen molar-refractivity contribution in [3.05, 3.63) is 12.2 Å². The lowest BCUT2D eigenvalue weighted by molar-refractivity contribution is -0.130. The molecule has 1 rings (SSSR count). The first-order valence-electron chi connectivity index (χ1n) is 4.82. The largest absolute Gasteiger partial charge is 0.369 e. The van der Waals surface area contributed by atoms with E-state index in [1.165, 1.54) is 0 Å². The number of hydrogen-bond acceptors (Lipinski definition) is 3. The highest BCUT2D eigenvalue weighted by Gasteiger charge is 2.33. The Morgan fingerprint density at radius 1 is 1.41 bits per heavy atom. The van der Waals surface area contributed by atoms with Gasteiger partial charge in [-0.15, -0.1) is 0 Å². The molecule has 0 aromatic rings. The van der Waals surface area contributed by atoms with Crippen molar-refractivity contribution >= 4 is 58.6 Å². The lowest BCUT2D eigenvalue weighted by Crippen LogP contribution is -2.39. The maximum atomic E-state index is 11.8. The summed E-state index contributed by atoms with van der Waals surface area (Å²) in [5.74, 6) is -1.98. The summed E-state index contributed by atoms with van der Waals surface area (Å²) in [6.45, 7) is 0. The summed E-state index contributed by atoms with van der Waals surface area (Å²) < 4.78 is 0.771. The van der Waals surface area contributed by atoms with Gasteiger partial charge in [0.25, 0.3) is 3.12 Å². The van der Waals surface area contributed by atoms with Gasteiger partial charge < -0.3 is 5.73 Å². The smallest absolute Gasteiger partial charge is 0.256 e. The number of amides is 2. The minimum Gasteiger partial charge on any atom is -0.369 e. The van der Waals surface area contributed by atoms with Crippen molar-refractivity contribution in [3.63, 3.8) is 0 Å². The Labute approximate surface area is 118 Å². The predicted molar refractivity (Wildman–Crippen MR) is 70.6 cm³/mol. The Bertz CT molecular complexity index is 344. The number of nitrogens with two attached hydrogens (primary N) is 1. The molecule has 3 N–H and O–H groups in total. The molecule has 0 saturated carbocycles. The number of carbonyl (C=O) groups excluding carboxylic acids is 2. The van der Waals surface area contributed by atoms with Gasteiger partial charge in [-0.2, -0.15) is 0 Å². The van der Waals surface area contributed by atoms with E-state index in [1.807, 2.05) is 6.08 Å². The SMILES string of the molecule is NC(=O)C1CCC=CC1C(=O)NSC(Cl)(Cl)Cl. The molecule has 96 valence electrons. The molecule has 0 aromatic heterocycles. The monoisotopic (exact) mass is 316 g/mol. The van der Waals surface area contributed by atoms with Gasteiger partial charge in [-0.25, -0.2) is 0 Å². The Morgan fingerprint density at radius 3 is 2.59 bits per heavy atom. The molecule has 4 nitrogen and oxygen atoms in total. The third-order valence-electron chi connectivity index (χ3n) is 2.36. The second-order valence-electron chi connectivity index (χ2n) is 3.55. The van der Waals surface area contributed by atoms with Crippen molar-refractivity contribution in [2.45, 2.75) is 16.0 Å². The number of allylic oxidation sites excluding steroid dienone is 1. The highest BCUT2D eigenvalue weighted by molar-refractivity contribution is 8.03. The summed E-state index contributed by atoms with van der Waals surface area (Å²) in [5, 5.41) is 0. The number of alkyl halides is 3. The summed E-state index contributed by atoms with van der Waals surface area (Å²) >= 11 is 17.1. The van der Waals surface area contributed by atoms with E-state index in [9.17, 15) is 9.59 Å². The van der Waals surface area contributed by atoms with Gasteiger partial charge in [-0.05, 0) is 12.8 Å². The van der Waals surface area contributed by atoms with Crippen LogP contribution >= 0.6 is 46.8 Å². The van der Waals surface area contributed by atoms with Crippen molar-refractivity contribution in [2.75, 3.05) is 0 Å². The summed E-state index contributed by atoms with van der Waals surface area (Å²) in [6.07, 6.45) is 4.79. The number of carbonyl (C=O) groups is 2. The van der Waals surface area contributed by atoms with Crippen molar-refractivity contribution in [1.82, 2.24) is 4.72 Å². The molecule has 0 radical (unpaired) electrons. The van der Waals surface area contributed by atoms with E-state index in [1.54, 1.807) is 6.08 Å². The molecule has 1 aliphatic rings. The molecule has 2 unspecified atom stereocenters. The normalized spacial score (nSPS) is 24.4. The standard InChI is InChI=1S/C9H11Cl3N2O2S/c10-9(11,12)17-14-8(16)6-4-2-1-3-5(6)7(13)15/h2,4-6H,1,3H2,(H2,13,15)(H,14,16). The molecule has 17 heavy (non-hydrogen) atoms. The van der Waals surface area contributed by atoms with Crippen LogP contribution in [0.5, 0.6) is 0 Å². The zero-order valence-electron chi connectivity index (χ0n) is 8.66. The molecule has 8 heteroatoms. The minimum atomic E-state index is -1.63. The average molecular weight is 318 g/mol. The molecule has 0 bridgehead atoms. The number of hydrogen-bond donors (Lipinski definition) is 2. The molecule has 0 aliphatic heterocycles. The number of halogens is 3. The Kier molecular flexibility index (Phi) is 5.44. The summed E-state index contributed by atoms with van der Waals surface area (Å²) in [5.41, 5.74) is 5.24. The van der Waals surface area contributed by atoms with Crippen LogP contribution in [0.4, 0.5) is 0 Å². The Hall–Kier alpha value is -0.100. The van der Waals surface area contributed by atoms with Gasteiger partial charge >= 0.3 is 0 Å². The summed E-state index contributed by atoms with van der Waals surface area (Å²) in [7, 11) is 0. The minimum absolute atomic E-state index is 0.388. The molecular weight excluding hydrogens is 307 g/mol. The first-order chi connectivity index (χ1) is 7.81. The van der Waals surface area contributed by atoms with Crippen LogP contribution in [0.3, 0.4) is 0 Å². The maximum Gasteiger partial charge on any atom is 0.256 e.